The van der Waals surface area contributed by atoms with Gasteiger partial charge in [-0.2, -0.15) is 5.10 Å². The van der Waals surface area contributed by atoms with Crippen LogP contribution in [0.4, 0.5) is 0 Å². The Kier molecular flexibility index (Phi) is 6.48. The van der Waals surface area contributed by atoms with Gasteiger partial charge in [-0.3, -0.25) is 9.58 Å². The molecule has 0 amide bonds. The third-order valence-corrected chi connectivity index (χ3v) is 5.08. The average molecular weight is 368 g/mol. The van der Waals surface area contributed by atoms with Gasteiger partial charge >= 0.3 is 0 Å². The Balaban J connectivity index is 0.00000196. The van der Waals surface area contributed by atoms with Crippen LogP contribution in [0.2, 0.25) is 0 Å². The molecule has 0 N–H and O–H groups in total. The van der Waals surface area contributed by atoms with Gasteiger partial charge in [-0.05, 0) is 43.0 Å². The second-order valence-corrected chi connectivity index (χ2v) is 6.78. The van der Waals surface area contributed by atoms with Crippen LogP contribution in [0.25, 0.3) is 16.5 Å². The number of para-hydroxylation sites is 1. The summed E-state index contributed by atoms with van der Waals surface area (Å²) in [4.78, 5) is 2.56. The number of hydrogen-bond donors (Lipinski definition) is 0. The van der Waals surface area contributed by atoms with E-state index in [0.717, 1.165) is 19.5 Å². The first-order chi connectivity index (χ1) is 12.4. The first kappa shape index (κ1) is 18.7. The van der Waals surface area contributed by atoms with E-state index in [4.69, 9.17) is 0 Å². The molecule has 2 heterocycles. The second kappa shape index (κ2) is 9.02. The largest absolute Gasteiger partial charge is 0.299 e. The Bertz CT molecular complexity index is 854. The molecular weight excluding hydrogens is 342 g/mol. The van der Waals surface area contributed by atoms with Crippen molar-refractivity contribution in [2.24, 2.45) is 0 Å². The molecule has 1 aliphatic heterocycles. The molecule has 0 radical (unpaired) electrons. The van der Waals surface area contributed by atoms with E-state index in [2.05, 4.69) is 75.4 Å². The molecule has 136 valence electrons. The molecule has 0 atom stereocenters. The van der Waals surface area contributed by atoms with E-state index in [1.54, 1.807) is 0 Å². The van der Waals surface area contributed by atoms with E-state index in [1.807, 2.05) is 6.20 Å². The molecule has 26 heavy (non-hydrogen) atoms. The predicted molar refractivity (Wildman–Crippen MR) is 112 cm³/mol. The number of unbranched alkanes of at least 4 members (excludes halogenated alkanes) is 1. The van der Waals surface area contributed by atoms with E-state index < -0.39 is 0 Å². The van der Waals surface area contributed by atoms with Crippen molar-refractivity contribution in [2.75, 3.05) is 19.6 Å². The predicted octanol–water partition coefficient (Wildman–Crippen LogP) is 5.03. The molecule has 0 saturated heterocycles. The van der Waals surface area contributed by atoms with Crippen LogP contribution in [0, 0.1) is 0 Å². The van der Waals surface area contributed by atoms with Gasteiger partial charge in [-0.1, -0.05) is 54.6 Å². The Morgan fingerprint density at radius 1 is 0.885 bits per heavy atom. The molecule has 0 spiro atoms. The number of aryl methyl sites for hydroxylation is 1. The van der Waals surface area contributed by atoms with E-state index in [9.17, 15) is 0 Å². The fourth-order valence-electron chi connectivity index (χ4n) is 3.63. The fraction of sp³-hybridized carbons (Fsp3) is 0.318. The van der Waals surface area contributed by atoms with Gasteiger partial charge in [0, 0.05) is 25.0 Å². The van der Waals surface area contributed by atoms with Crippen LogP contribution in [-0.4, -0.2) is 34.3 Å². The lowest BCUT2D eigenvalue weighted by Gasteiger charge is -2.26. The third-order valence-electron chi connectivity index (χ3n) is 5.08. The van der Waals surface area contributed by atoms with Crippen molar-refractivity contribution >= 4 is 28.9 Å². The maximum absolute atomic E-state index is 4.52. The summed E-state index contributed by atoms with van der Waals surface area (Å²) in [5.41, 5.74) is 4.13. The smallest absolute Gasteiger partial charge is 0.0682 e. The molecule has 2 aromatic carbocycles. The lowest BCUT2D eigenvalue weighted by Crippen LogP contribution is -2.29. The van der Waals surface area contributed by atoms with Crippen LogP contribution >= 0.6 is 12.4 Å². The summed E-state index contributed by atoms with van der Waals surface area (Å²) in [6.45, 7) is 4.44. The summed E-state index contributed by atoms with van der Waals surface area (Å²) in [5, 5.41) is 5.75. The van der Waals surface area contributed by atoms with Gasteiger partial charge < -0.3 is 0 Å². The summed E-state index contributed by atoms with van der Waals surface area (Å²) in [7, 11) is 0. The van der Waals surface area contributed by atoms with Crippen LogP contribution in [-0.2, 0) is 6.54 Å². The average Bonchev–Trinajstić information content (AvgIpc) is 3.10. The van der Waals surface area contributed by atoms with Gasteiger partial charge in [-0.15, -0.1) is 12.4 Å². The Morgan fingerprint density at radius 2 is 1.65 bits per heavy atom. The summed E-state index contributed by atoms with van der Waals surface area (Å²) < 4.78 is 2.14. The first-order valence-corrected chi connectivity index (χ1v) is 9.27. The lowest BCUT2D eigenvalue weighted by molar-refractivity contribution is 0.292. The van der Waals surface area contributed by atoms with E-state index in [-0.39, 0.29) is 12.4 Å². The minimum atomic E-state index is 0. The molecule has 0 aliphatic carbocycles. The minimum absolute atomic E-state index is 0. The number of rotatable bonds is 6. The molecule has 3 nitrogen and oxygen atoms in total. The molecule has 1 aliphatic rings. The molecule has 4 heteroatoms. The van der Waals surface area contributed by atoms with Crippen LogP contribution in [0.1, 0.15) is 24.8 Å². The van der Waals surface area contributed by atoms with Crippen LogP contribution in [0.3, 0.4) is 0 Å². The van der Waals surface area contributed by atoms with Crippen molar-refractivity contribution < 1.29 is 0 Å². The second-order valence-electron chi connectivity index (χ2n) is 6.78. The van der Waals surface area contributed by atoms with Gasteiger partial charge in [-0.25, -0.2) is 0 Å². The highest BCUT2D eigenvalue weighted by Crippen LogP contribution is 2.22. The monoisotopic (exact) mass is 367 g/mol. The minimum Gasteiger partial charge on any atom is -0.299 e. The summed E-state index contributed by atoms with van der Waals surface area (Å²) in [6, 6.07) is 19.2. The van der Waals surface area contributed by atoms with Crippen LogP contribution in [0.15, 0.2) is 66.9 Å². The number of nitrogens with zero attached hydrogens (tertiary/aromatic N) is 3. The number of hydrogen-bond acceptors (Lipinski definition) is 2. The van der Waals surface area contributed by atoms with Gasteiger partial charge in [0.05, 0.1) is 11.7 Å². The maximum Gasteiger partial charge on any atom is 0.0682 e. The molecule has 3 aromatic rings. The zero-order chi connectivity index (χ0) is 16.9. The van der Waals surface area contributed by atoms with E-state index in [1.165, 1.54) is 48.0 Å². The number of aromatic nitrogens is 2. The van der Waals surface area contributed by atoms with Gasteiger partial charge in [0.25, 0.3) is 0 Å². The van der Waals surface area contributed by atoms with Crippen molar-refractivity contribution in [3.8, 4) is 0 Å². The number of fused-ring (bicyclic) bond motifs is 1. The normalized spacial score (nSPS) is 14.8. The molecule has 0 fully saturated rings. The Morgan fingerprint density at radius 3 is 2.46 bits per heavy atom. The highest BCUT2D eigenvalue weighted by Gasteiger charge is 2.12. The van der Waals surface area contributed by atoms with Crippen LogP contribution in [0.5, 0.6) is 0 Å². The van der Waals surface area contributed by atoms with Crippen molar-refractivity contribution in [3.63, 3.8) is 0 Å². The summed E-state index contributed by atoms with van der Waals surface area (Å²) in [6.07, 6.45) is 7.93. The van der Waals surface area contributed by atoms with Crippen molar-refractivity contribution in [1.82, 2.24) is 14.7 Å². The zero-order valence-electron chi connectivity index (χ0n) is 15.1. The maximum atomic E-state index is 4.52. The summed E-state index contributed by atoms with van der Waals surface area (Å²) >= 11 is 0. The molecular formula is C22H26ClN3. The summed E-state index contributed by atoms with van der Waals surface area (Å²) in [5.74, 6) is 0. The zero-order valence-corrected chi connectivity index (χ0v) is 15.9. The number of benzene rings is 2. The Labute approximate surface area is 161 Å². The molecule has 0 saturated carbocycles. The quantitative estimate of drug-likeness (QED) is 0.570. The van der Waals surface area contributed by atoms with Crippen molar-refractivity contribution in [1.29, 1.82) is 0 Å². The molecule has 0 bridgehead atoms. The van der Waals surface area contributed by atoms with Crippen LogP contribution < -0.4 is 0 Å². The standard InChI is InChI=1S/C22H25N3.ClH/c1-2-8-19(9-3-1)20-12-16-24(17-13-20)14-6-7-15-25-22-11-5-4-10-21(22)18-23-25;/h1-5,8-12,18H,6-7,13-17H2;1H. The SMILES string of the molecule is C1=C(c2ccccc2)CCN(CCCCn2ncc3ccccc32)C1.Cl. The van der Waals surface area contributed by atoms with Gasteiger partial charge in [0.2, 0.25) is 0 Å². The first-order valence-electron chi connectivity index (χ1n) is 9.27. The van der Waals surface area contributed by atoms with Gasteiger partial charge in [0.15, 0.2) is 0 Å². The Hall–Kier alpha value is -2.10. The van der Waals surface area contributed by atoms with E-state index >= 15 is 0 Å². The highest BCUT2D eigenvalue weighted by molar-refractivity contribution is 5.85. The molecule has 1 aromatic heterocycles. The van der Waals surface area contributed by atoms with Crippen molar-refractivity contribution in [3.05, 3.63) is 72.4 Å². The van der Waals surface area contributed by atoms with E-state index in [0.29, 0.717) is 0 Å². The fourth-order valence-corrected chi connectivity index (χ4v) is 3.63. The topological polar surface area (TPSA) is 21.1 Å². The lowest BCUT2D eigenvalue weighted by atomic mass is 9.99. The van der Waals surface area contributed by atoms with Gasteiger partial charge in [0.1, 0.15) is 0 Å². The molecule has 4 rings (SSSR count). The highest BCUT2D eigenvalue weighted by atomic mass is 35.5. The number of halogens is 1. The molecule has 0 unspecified atom stereocenters. The van der Waals surface area contributed by atoms with Crippen molar-refractivity contribution in [2.45, 2.75) is 25.8 Å². The third kappa shape index (κ3) is 4.35.